The first-order chi connectivity index (χ1) is 14.7. The van der Waals surface area contributed by atoms with Gasteiger partial charge in [0.1, 0.15) is 17.4 Å². The van der Waals surface area contributed by atoms with Crippen molar-refractivity contribution in [3.05, 3.63) is 58.9 Å². The van der Waals surface area contributed by atoms with E-state index in [1.807, 2.05) is 0 Å². The zero-order chi connectivity index (χ0) is 23.1. The zero-order valence-electron chi connectivity index (χ0n) is 17.6. The molecular weight excluding hydrogens is 405 g/mol. The number of primary amides is 1. The number of carbonyl (C=O) groups is 2. The smallest absolute Gasteiger partial charge is 0.319 e. The van der Waals surface area contributed by atoms with Gasteiger partial charge in [-0.15, -0.1) is 0 Å². The van der Waals surface area contributed by atoms with Crippen molar-refractivity contribution in [3.8, 4) is 5.75 Å². The molecule has 0 aliphatic heterocycles. The van der Waals surface area contributed by atoms with Crippen LogP contribution in [0.1, 0.15) is 29.7 Å². The number of hydrogen-bond acceptors (Lipinski definition) is 5. The second-order valence-corrected chi connectivity index (χ2v) is 6.60. The van der Waals surface area contributed by atoms with Crippen molar-refractivity contribution in [2.24, 2.45) is 11.5 Å². The molecule has 166 valence electrons. The maximum atomic E-state index is 14.5. The Bertz CT molecular complexity index is 982. The third-order valence-corrected chi connectivity index (χ3v) is 4.60. The molecule has 0 aliphatic carbocycles. The van der Waals surface area contributed by atoms with Gasteiger partial charge in [0, 0.05) is 37.4 Å². The highest BCUT2D eigenvalue weighted by atomic mass is 19.1. The molecule has 2 aromatic carbocycles. The number of carbonyl (C=O) groups excluding carboxylic acids is 2. The number of halogens is 1. The van der Waals surface area contributed by atoms with Crippen molar-refractivity contribution in [3.63, 3.8) is 0 Å². The van der Waals surface area contributed by atoms with Crippen LogP contribution >= 0.6 is 0 Å². The largest absolute Gasteiger partial charge is 0.497 e. The molecule has 1 atom stereocenters. The Morgan fingerprint density at radius 3 is 2.48 bits per heavy atom. The quantitative estimate of drug-likeness (QED) is 0.355. The lowest BCUT2D eigenvalue weighted by molar-refractivity contribution is -0.133. The first kappa shape index (κ1) is 23.6. The maximum absolute atomic E-state index is 14.5. The second-order valence-electron chi connectivity index (χ2n) is 6.60. The summed E-state index contributed by atoms with van der Waals surface area (Å²) in [6, 6.07) is 8.16. The fraction of sp³-hybridized carbons (Fsp3) is 0.286. The number of hydrogen-bond donors (Lipinski definition) is 4. The molecular formula is C21H26FN5O4. The van der Waals surface area contributed by atoms with Crippen molar-refractivity contribution in [1.82, 2.24) is 5.32 Å². The number of nitrogen functional groups attached to an aromatic ring is 1. The Morgan fingerprint density at radius 1 is 1.23 bits per heavy atom. The van der Waals surface area contributed by atoms with Gasteiger partial charge in [-0.2, -0.15) is 0 Å². The molecule has 2 aromatic rings. The molecule has 9 nitrogen and oxygen atoms in total. The molecule has 31 heavy (non-hydrogen) atoms. The van der Waals surface area contributed by atoms with Crippen molar-refractivity contribution < 1.29 is 23.5 Å². The predicted octanol–water partition coefficient (Wildman–Crippen LogP) is 2.03. The molecule has 0 saturated heterocycles. The third-order valence-electron chi connectivity index (χ3n) is 4.60. The summed E-state index contributed by atoms with van der Waals surface area (Å²) in [6.07, 6.45) is -1.18. The molecule has 10 heteroatoms. The zero-order valence-corrected chi connectivity index (χ0v) is 17.6. The number of benzene rings is 2. The predicted molar refractivity (Wildman–Crippen MR) is 115 cm³/mol. The van der Waals surface area contributed by atoms with E-state index in [-0.39, 0.29) is 24.6 Å². The number of methoxy groups -OCH3 is 1. The van der Waals surface area contributed by atoms with Gasteiger partial charge in [0.2, 0.25) is 0 Å². The summed E-state index contributed by atoms with van der Waals surface area (Å²) in [7, 11) is 2.88. The van der Waals surface area contributed by atoms with Gasteiger partial charge in [0.05, 0.1) is 12.8 Å². The van der Waals surface area contributed by atoms with Crippen LogP contribution in [0.5, 0.6) is 5.75 Å². The summed E-state index contributed by atoms with van der Waals surface area (Å²) >= 11 is 0. The van der Waals surface area contributed by atoms with Crippen molar-refractivity contribution in [2.75, 3.05) is 25.7 Å². The summed E-state index contributed by atoms with van der Waals surface area (Å²) < 4.78 is 24.9. The molecule has 0 heterocycles. The topological polar surface area (TPSA) is 144 Å². The summed E-state index contributed by atoms with van der Waals surface area (Å²) in [5, 5.41) is 10.3. The SMILES string of the molecule is CCOC(C(=O)NCc1ccc(C(=N)N)cc1N(C)C(N)=O)c1ccc(OC)cc1F. The highest BCUT2D eigenvalue weighted by molar-refractivity contribution is 5.98. The molecule has 0 fully saturated rings. The first-order valence-corrected chi connectivity index (χ1v) is 9.42. The first-order valence-electron chi connectivity index (χ1n) is 9.42. The average molecular weight is 431 g/mol. The van der Waals surface area contributed by atoms with Gasteiger partial charge in [-0.3, -0.25) is 15.1 Å². The highest BCUT2D eigenvalue weighted by Crippen LogP contribution is 2.26. The van der Waals surface area contributed by atoms with Crippen molar-refractivity contribution in [2.45, 2.75) is 19.6 Å². The van der Waals surface area contributed by atoms with Crippen LogP contribution < -0.4 is 26.4 Å². The number of amidine groups is 1. The van der Waals surface area contributed by atoms with Crippen LogP contribution in [0.2, 0.25) is 0 Å². The average Bonchev–Trinajstić information content (AvgIpc) is 2.75. The van der Waals surface area contributed by atoms with Crippen LogP contribution in [-0.2, 0) is 16.1 Å². The molecule has 6 N–H and O–H groups in total. The molecule has 1 unspecified atom stereocenters. The van der Waals surface area contributed by atoms with Crippen LogP contribution in [0, 0.1) is 11.2 Å². The fourth-order valence-corrected chi connectivity index (χ4v) is 2.91. The molecule has 0 aromatic heterocycles. The van der Waals surface area contributed by atoms with E-state index in [1.54, 1.807) is 19.1 Å². The number of amides is 3. The molecule has 0 bridgehead atoms. The number of urea groups is 1. The lowest BCUT2D eigenvalue weighted by Gasteiger charge is -2.22. The van der Waals surface area contributed by atoms with Crippen LogP contribution in [0.3, 0.4) is 0 Å². The van der Waals surface area contributed by atoms with Gasteiger partial charge in [-0.25, -0.2) is 9.18 Å². The number of nitrogens with zero attached hydrogens (tertiary/aromatic N) is 1. The van der Waals surface area contributed by atoms with E-state index < -0.39 is 23.9 Å². The van der Waals surface area contributed by atoms with E-state index in [9.17, 15) is 14.0 Å². The molecule has 0 spiro atoms. The van der Waals surface area contributed by atoms with Gasteiger partial charge in [-0.1, -0.05) is 12.1 Å². The summed E-state index contributed by atoms with van der Waals surface area (Å²) in [5.74, 6) is -1.05. The van der Waals surface area contributed by atoms with Crippen LogP contribution in [-0.4, -0.2) is 38.5 Å². The van der Waals surface area contributed by atoms with Gasteiger partial charge in [-0.05, 0) is 30.7 Å². The standard InChI is InChI=1S/C21H26FN5O4/c1-4-31-18(15-8-7-14(30-3)10-16(15)22)20(28)26-11-13-6-5-12(19(23)24)9-17(13)27(2)21(25)29/h5-10,18H,4,11H2,1-3H3,(H3,23,24)(H2,25,29)(H,26,28). The minimum atomic E-state index is -1.18. The van der Waals surface area contributed by atoms with E-state index in [0.29, 0.717) is 22.6 Å². The van der Waals surface area contributed by atoms with E-state index >= 15 is 0 Å². The molecule has 0 saturated carbocycles. The van der Waals surface area contributed by atoms with Crippen LogP contribution in [0.25, 0.3) is 0 Å². The van der Waals surface area contributed by atoms with Gasteiger partial charge >= 0.3 is 6.03 Å². The Kier molecular flexibility index (Phi) is 7.92. The summed E-state index contributed by atoms with van der Waals surface area (Å²) in [4.78, 5) is 25.6. The molecule has 2 rings (SSSR count). The minimum absolute atomic E-state index is 0.00528. The van der Waals surface area contributed by atoms with Gasteiger partial charge in [0.15, 0.2) is 6.10 Å². The Hall–Kier alpha value is -3.66. The Morgan fingerprint density at radius 2 is 1.94 bits per heavy atom. The van der Waals surface area contributed by atoms with E-state index in [1.165, 1.54) is 43.3 Å². The van der Waals surface area contributed by atoms with Crippen LogP contribution in [0.15, 0.2) is 36.4 Å². The monoisotopic (exact) mass is 431 g/mol. The van der Waals surface area contributed by atoms with E-state index in [2.05, 4.69) is 5.32 Å². The lowest BCUT2D eigenvalue weighted by Crippen LogP contribution is -2.35. The normalized spacial score (nSPS) is 11.5. The third kappa shape index (κ3) is 5.70. The van der Waals surface area contributed by atoms with Crippen molar-refractivity contribution >= 4 is 23.5 Å². The fourth-order valence-electron chi connectivity index (χ4n) is 2.91. The lowest BCUT2D eigenvalue weighted by atomic mass is 10.1. The highest BCUT2D eigenvalue weighted by Gasteiger charge is 2.25. The van der Waals surface area contributed by atoms with E-state index in [4.69, 9.17) is 26.4 Å². The van der Waals surface area contributed by atoms with Crippen LogP contribution in [0.4, 0.5) is 14.9 Å². The summed E-state index contributed by atoms with van der Waals surface area (Å²) in [6.45, 7) is 1.89. The minimum Gasteiger partial charge on any atom is -0.497 e. The Balaban J connectivity index is 2.28. The second kappa shape index (κ2) is 10.4. The number of nitrogens with one attached hydrogen (secondary N) is 2. The number of nitrogens with two attached hydrogens (primary N) is 2. The molecule has 0 radical (unpaired) electrons. The van der Waals surface area contributed by atoms with Gasteiger partial charge in [0.25, 0.3) is 5.91 Å². The number of ether oxygens (including phenoxy) is 2. The molecule has 0 aliphatic rings. The van der Waals surface area contributed by atoms with Crippen molar-refractivity contribution in [1.29, 1.82) is 5.41 Å². The van der Waals surface area contributed by atoms with E-state index in [0.717, 1.165) is 0 Å². The Labute approximate surface area is 179 Å². The number of rotatable bonds is 9. The van der Waals surface area contributed by atoms with Gasteiger partial charge < -0.3 is 26.3 Å². The molecule has 3 amide bonds. The summed E-state index contributed by atoms with van der Waals surface area (Å²) in [5.41, 5.74) is 12.3. The maximum Gasteiger partial charge on any atom is 0.319 e. The number of anilines is 1.